The number of anilines is 1. The lowest BCUT2D eigenvalue weighted by atomic mass is 9.87. The van der Waals surface area contributed by atoms with E-state index in [9.17, 15) is 14.0 Å². The second-order valence-electron chi connectivity index (χ2n) is 8.81. The van der Waals surface area contributed by atoms with E-state index >= 15 is 0 Å². The number of fused-ring (bicyclic) bond motifs is 1. The summed E-state index contributed by atoms with van der Waals surface area (Å²) in [6.45, 7) is 9.20. The Morgan fingerprint density at radius 2 is 1.91 bits per heavy atom. The first-order valence-electron chi connectivity index (χ1n) is 10.9. The van der Waals surface area contributed by atoms with Crippen LogP contribution < -0.4 is 15.0 Å². The summed E-state index contributed by atoms with van der Waals surface area (Å²) in [5.41, 5.74) is 4.17. The van der Waals surface area contributed by atoms with Gasteiger partial charge in [0.05, 0.1) is 19.2 Å². The third-order valence-electron chi connectivity index (χ3n) is 6.19. The lowest BCUT2D eigenvalue weighted by molar-refractivity contribution is -0.123. The molecule has 1 N–H and O–H groups in total. The minimum absolute atomic E-state index is 0.125. The molecule has 0 saturated carbocycles. The number of nitrogens with zero attached hydrogens (tertiary/aromatic N) is 2. The zero-order valence-corrected chi connectivity index (χ0v) is 19.5. The van der Waals surface area contributed by atoms with Crippen molar-refractivity contribution >= 4 is 29.3 Å². The zero-order valence-electron chi connectivity index (χ0n) is 19.5. The third-order valence-corrected chi connectivity index (χ3v) is 6.19. The Hall–Kier alpha value is -3.61. The van der Waals surface area contributed by atoms with Crippen molar-refractivity contribution in [2.75, 3.05) is 18.6 Å². The van der Waals surface area contributed by atoms with E-state index in [-0.39, 0.29) is 23.3 Å². The molecule has 0 aromatic heterocycles. The Balaban J connectivity index is 1.71. The standard InChI is InChI=1S/C26H28FN3O3/c1-6-30-22-13-23(33-5)18(11-19(22)16(2)14-26(30,3)4)12-21-24(31)29(25(32)28-21)15-17-9-7-8-10-20(17)27/h7-14H,6,15H2,1-5H3,(H,28,32)/b21-12+. The van der Waals surface area contributed by atoms with Crippen LogP contribution in [0.15, 0.2) is 48.2 Å². The summed E-state index contributed by atoms with van der Waals surface area (Å²) < 4.78 is 19.7. The van der Waals surface area contributed by atoms with Crippen LogP contribution in [0.2, 0.25) is 0 Å². The summed E-state index contributed by atoms with van der Waals surface area (Å²) in [7, 11) is 1.58. The SMILES string of the molecule is CCN1c2cc(OC)c(/C=C3/NC(=O)N(Cc4ccccc4F)C3=O)cc2C(C)=CC1(C)C. The highest BCUT2D eigenvalue weighted by molar-refractivity contribution is 6.14. The fourth-order valence-corrected chi connectivity index (χ4v) is 4.66. The summed E-state index contributed by atoms with van der Waals surface area (Å²) in [5, 5.41) is 2.61. The van der Waals surface area contributed by atoms with E-state index in [1.807, 2.05) is 12.1 Å². The van der Waals surface area contributed by atoms with Gasteiger partial charge in [-0.15, -0.1) is 0 Å². The number of imide groups is 1. The van der Waals surface area contributed by atoms with Crippen molar-refractivity contribution < 1.29 is 18.7 Å². The van der Waals surface area contributed by atoms with Gasteiger partial charge in [0.25, 0.3) is 5.91 Å². The van der Waals surface area contributed by atoms with Crippen LogP contribution in [0.5, 0.6) is 5.75 Å². The van der Waals surface area contributed by atoms with E-state index in [1.54, 1.807) is 31.4 Å². The quantitative estimate of drug-likeness (QED) is 0.518. The van der Waals surface area contributed by atoms with Gasteiger partial charge in [0, 0.05) is 35.0 Å². The summed E-state index contributed by atoms with van der Waals surface area (Å²) >= 11 is 0. The first-order chi connectivity index (χ1) is 15.7. The highest BCUT2D eigenvalue weighted by atomic mass is 19.1. The number of nitrogens with one attached hydrogen (secondary N) is 1. The molecular formula is C26H28FN3O3. The molecule has 1 fully saturated rings. The molecule has 2 aliphatic rings. The lowest BCUT2D eigenvalue weighted by Gasteiger charge is -2.43. The minimum atomic E-state index is -0.582. The highest BCUT2D eigenvalue weighted by Crippen LogP contribution is 2.42. The first kappa shape index (κ1) is 22.6. The molecule has 33 heavy (non-hydrogen) atoms. The largest absolute Gasteiger partial charge is 0.496 e. The molecule has 7 heteroatoms. The molecule has 2 heterocycles. The highest BCUT2D eigenvalue weighted by Gasteiger charge is 2.35. The molecular weight excluding hydrogens is 421 g/mol. The second-order valence-corrected chi connectivity index (χ2v) is 8.81. The maximum absolute atomic E-state index is 14.0. The molecule has 0 atom stereocenters. The smallest absolute Gasteiger partial charge is 0.329 e. The number of halogens is 1. The van der Waals surface area contributed by atoms with Crippen molar-refractivity contribution in [3.8, 4) is 5.75 Å². The molecule has 6 nitrogen and oxygen atoms in total. The fourth-order valence-electron chi connectivity index (χ4n) is 4.66. The molecule has 4 rings (SSSR count). The summed E-state index contributed by atoms with van der Waals surface area (Å²) in [4.78, 5) is 28.7. The monoisotopic (exact) mass is 449 g/mol. The maximum Gasteiger partial charge on any atom is 0.329 e. The number of methoxy groups -OCH3 is 1. The van der Waals surface area contributed by atoms with Crippen molar-refractivity contribution in [1.82, 2.24) is 10.2 Å². The van der Waals surface area contributed by atoms with Crippen LogP contribution in [-0.4, -0.2) is 36.0 Å². The first-order valence-corrected chi connectivity index (χ1v) is 10.9. The number of likely N-dealkylation sites (N-methyl/N-ethyl adjacent to an activating group) is 1. The van der Waals surface area contributed by atoms with Crippen LogP contribution in [0.3, 0.4) is 0 Å². The van der Waals surface area contributed by atoms with E-state index in [4.69, 9.17) is 4.74 Å². The van der Waals surface area contributed by atoms with Gasteiger partial charge < -0.3 is 15.0 Å². The van der Waals surface area contributed by atoms with Gasteiger partial charge in [0.1, 0.15) is 17.3 Å². The summed E-state index contributed by atoms with van der Waals surface area (Å²) in [5.74, 6) is -0.371. The van der Waals surface area contributed by atoms with E-state index in [2.05, 4.69) is 44.0 Å². The molecule has 0 aliphatic carbocycles. The number of rotatable bonds is 5. The summed E-state index contributed by atoms with van der Waals surface area (Å²) in [6, 6.07) is 9.46. The normalized spacial score (nSPS) is 18.4. The topological polar surface area (TPSA) is 61.9 Å². The van der Waals surface area contributed by atoms with Crippen molar-refractivity contribution in [3.63, 3.8) is 0 Å². The van der Waals surface area contributed by atoms with Crippen LogP contribution in [0.25, 0.3) is 11.6 Å². The third kappa shape index (κ3) is 3.99. The number of hydrogen-bond acceptors (Lipinski definition) is 4. The van der Waals surface area contributed by atoms with Gasteiger partial charge in [-0.2, -0.15) is 0 Å². The van der Waals surface area contributed by atoms with Gasteiger partial charge in [-0.1, -0.05) is 24.3 Å². The number of allylic oxidation sites excluding steroid dienone is 1. The van der Waals surface area contributed by atoms with Crippen molar-refractivity contribution in [2.45, 2.75) is 39.8 Å². The van der Waals surface area contributed by atoms with E-state index in [0.29, 0.717) is 11.3 Å². The molecule has 2 aromatic carbocycles. The van der Waals surface area contributed by atoms with Crippen LogP contribution in [0, 0.1) is 5.82 Å². The van der Waals surface area contributed by atoms with Crippen molar-refractivity contribution in [1.29, 1.82) is 0 Å². The number of carbonyl (C=O) groups excluding carboxylic acids is 2. The number of amides is 3. The van der Waals surface area contributed by atoms with Crippen LogP contribution in [0.4, 0.5) is 14.9 Å². The Morgan fingerprint density at radius 1 is 1.18 bits per heavy atom. The van der Waals surface area contributed by atoms with E-state index < -0.39 is 17.8 Å². The number of benzene rings is 2. The predicted octanol–water partition coefficient (Wildman–Crippen LogP) is 4.95. The molecule has 0 bridgehead atoms. The van der Waals surface area contributed by atoms with Gasteiger partial charge in [0.2, 0.25) is 0 Å². The molecule has 3 amide bonds. The maximum atomic E-state index is 14.0. The Morgan fingerprint density at radius 3 is 2.58 bits per heavy atom. The second kappa shape index (κ2) is 8.39. The van der Waals surface area contributed by atoms with Gasteiger partial charge >= 0.3 is 6.03 Å². The molecule has 0 radical (unpaired) electrons. The van der Waals surface area contributed by atoms with Crippen molar-refractivity contribution in [3.05, 3.63) is 70.7 Å². The van der Waals surface area contributed by atoms with Gasteiger partial charge in [-0.3, -0.25) is 9.69 Å². The number of ether oxygens (including phenoxy) is 1. The molecule has 2 aromatic rings. The molecule has 1 saturated heterocycles. The lowest BCUT2D eigenvalue weighted by Crippen LogP contribution is -2.44. The average Bonchev–Trinajstić information content (AvgIpc) is 3.02. The minimum Gasteiger partial charge on any atom is -0.496 e. The van der Waals surface area contributed by atoms with Crippen LogP contribution in [-0.2, 0) is 11.3 Å². The summed E-state index contributed by atoms with van der Waals surface area (Å²) in [6.07, 6.45) is 3.84. The average molecular weight is 450 g/mol. The number of urea groups is 1. The van der Waals surface area contributed by atoms with E-state index in [1.165, 1.54) is 6.07 Å². The molecule has 0 unspecified atom stereocenters. The Kier molecular flexibility index (Phi) is 5.74. The molecule has 2 aliphatic heterocycles. The number of hydrogen-bond donors (Lipinski definition) is 1. The Labute approximate surface area is 193 Å². The zero-order chi connectivity index (χ0) is 23.9. The Bertz CT molecular complexity index is 1200. The van der Waals surface area contributed by atoms with Gasteiger partial charge in [0.15, 0.2) is 0 Å². The van der Waals surface area contributed by atoms with Crippen LogP contribution >= 0.6 is 0 Å². The predicted molar refractivity (Wildman–Crippen MR) is 127 cm³/mol. The van der Waals surface area contributed by atoms with Gasteiger partial charge in [-0.25, -0.2) is 9.18 Å². The van der Waals surface area contributed by atoms with Crippen LogP contribution in [0.1, 0.15) is 44.4 Å². The fraction of sp³-hybridized carbons (Fsp3) is 0.308. The molecule has 0 spiro atoms. The van der Waals surface area contributed by atoms with Crippen molar-refractivity contribution in [2.24, 2.45) is 0 Å². The van der Waals surface area contributed by atoms with E-state index in [0.717, 1.165) is 28.3 Å². The van der Waals surface area contributed by atoms with Gasteiger partial charge in [-0.05, 0) is 51.5 Å². The molecule has 172 valence electrons. The number of carbonyl (C=O) groups is 2.